The predicted octanol–water partition coefficient (Wildman–Crippen LogP) is 10.2. The fourth-order valence-electron chi connectivity index (χ4n) is 5.07. The van der Waals surface area contributed by atoms with E-state index in [1.807, 2.05) is 0 Å². The molecule has 0 saturated heterocycles. The van der Waals surface area contributed by atoms with Crippen LogP contribution in [0.5, 0.6) is 0 Å². The Hall–Kier alpha value is -3.56. The second-order valence-corrected chi connectivity index (χ2v) is 10.6. The van der Waals surface area contributed by atoms with Gasteiger partial charge in [-0.2, -0.15) is 26.3 Å². The third kappa shape index (κ3) is 8.97. The predicted molar refractivity (Wildman–Crippen MR) is 157 cm³/mol. The Balaban J connectivity index is 1.02. The summed E-state index contributed by atoms with van der Waals surface area (Å²) in [6, 6.07) is 10.9. The minimum Gasteiger partial charge on any atom is -0.384 e. The summed E-state index contributed by atoms with van der Waals surface area (Å²) >= 11 is 0. The maximum Gasteiger partial charge on any atom is 0.416 e. The summed E-state index contributed by atoms with van der Waals surface area (Å²) in [5.74, 6) is 0. The third-order valence-electron chi connectivity index (χ3n) is 7.37. The molecule has 2 heterocycles. The Labute approximate surface area is 241 Å². The number of alkyl halides is 6. The highest BCUT2D eigenvalue weighted by Crippen LogP contribution is 2.34. The first-order chi connectivity index (χ1) is 20.1. The number of unbranched alkanes of at least 4 members (excludes halogenated alkanes) is 9. The fourth-order valence-corrected chi connectivity index (χ4v) is 5.07. The zero-order chi connectivity index (χ0) is 30.0. The van der Waals surface area contributed by atoms with Gasteiger partial charge in [-0.1, -0.05) is 63.5 Å². The van der Waals surface area contributed by atoms with E-state index in [4.69, 9.17) is 0 Å². The van der Waals surface area contributed by atoms with Gasteiger partial charge in [0.15, 0.2) is 0 Å². The molecule has 4 nitrogen and oxygen atoms in total. The summed E-state index contributed by atoms with van der Waals surface area (Å²) in [6.45, 7) is 1.52. The van der Waals surface area contributed by atoms with Crippen LogP contribution < -0.4 is 10.6 Å². The molecular formula is C32H36F6N4. The molecule has 10 heteroatoms. The average Bonchev–Trinajstić information content (AvgIpc) is 2.96. The first kappa shape index (κ1) is 31.4. The van der Waals surface area contributed by atoms with Crippen LogP contribution in [0.15, 0.2) is 60.9 Å². The number of hydrogen-bond acceptors (Lipinski definition) is 4. The molecular weight excluding hydrogens is 554 g/mol. The van der Waals surface area contributed by atoms with Gasteiger partial charge in [-0.25, -0.2) is 0 Å². The Morgan fingerprint density at radius 2 is 0.833 bits per heavy atom. The second kappa shape index (κ2) is 14.6. The zero-order valence-electron chi connectivity index (χ0n) is 23.4. The highest BCUT2D eigenvalue weighted by Gasteiger charge is 2.31. The van der Waals surface area contributed by atoms with Crippen LogP contribution in [0.3, 0.4) is 0 Å². The van der Waals surface area contributed by atoms with E-state index in [0.717, 1.165) is 87.3 Å². The summed E-state index contributed by atoms with van der Waals surface area (Å²) in [7, 11) is 0. The lowest BCUT2D eigenvalue weighted by molar-refractivity contribution is -0.138. The van der Waals surface area contributed by atoms with Gasteiger partial charge in [0.2, 0.25) is 0 Å². The van der Waals surface area contributed by atoms with Crippen LogP contribution >= 0.6 is 0 Å². The number of hydrogen-bond donors (Lipinski definition) is 2. The van der Waals surface area contributed by atoms with E-state index in [2.05, 4.69) is 20.6 Å². The number of benzene rings is 2. The third-order valence-corrected chi connectivity index (χ3v) is 7.37. The van der Waals surface area contributed by atoms with Crippen molar-refractivity contribution in [3.05, 3.63) is 72.1 Å². The van der Waals surface area contributed by atoms with Gasteiger partial charge in [0.25, 0.3) is 0 Å². The van der Waals surface area contributed by atoms with Crippen molar-refractivity contribution in [3.63, 3.8) is 0 Å². The molecule has 0 atom stereocenters. The van der Waals surface area contributed by atoms with E-state index < -0.39 is 23.5 Å². The Kier molecular flexibility index (Phi) is 10.9. The van der Waals surface area contributed by atoms with Gasteiger partial charge in [0.05, 0.1) is 22.2 Å². The lowest BCUT2D eigenvalue weighted by Gasteiger charge is -2.12. The summed E-state index contributed by atoms with van der Waals surface area (Å²) in [6.07, 6.45) is 5.56. The van der Waals surface area contributed by atoms with Crippen molar-refractivity contribution in [1.29, 1.82) is 0 Å². The SMILES string of the molecule is FC(F)(F)c1ccc2c(NCCCCCCCCCCCCNc3ccnc4cc(C(F)(F)F)ccc34)ccnc2c1. The second-order valence-electron chi connectivity index (χ2n) is 10.6. The largest absolute Gasteiger partial charge is 0.416 e. The van der Waals surface area contributed by atoms with Crippen LogP contribution in [0.25, 0.3) is 21.8 Å². The number of pyridine rings is 2. The van der Waals surface area contributed by atoms with Crippen molar-refractivity contribution in [1.82, 2.24) is 9.97 Å². The van der Waals surface area contributed by atoms with Crippen LogP contribution in [0.1, 0.15) is 75.3 Å². The summed E-state index contributed by atoms with van der Waals surface area (Å²) in [5, 5.41) is 8.06. The van der Waals surface area contributed by atoms with E-state index in [-0.39, 0.29) is 0 Å². The maximum absolute atomic E-state index is 13.0. The summed E-state index contributed by atoms with van der Waals surface area (Å²) in [4.78, 5) is 8.17. The number of fused-ring (bicyclic) bond motifs is 2. The van der Waals surface area contributed by atoms with Crippen LogP contribution in [0.4, 0.5) is 37.7 Å². The number of anilines is 2. The highest BCUT2D eigenvalue weighted by molar-refractivity contribution is 5.92. The van der Waals surface area contributed by atoms with Crippen molar-refractivity contribution >= 4 is 33.2 Å². The van der Waals surface area contributed by atoms with Crippen molar-refractivity contribution in [3.8, 4) is 0 Å². The average molecular weight is 591 g/mol. The smallest absolute Gasteiger partial charge is 0.384 e. The molecule has 2 aromatic heterocycles. The van der Waals surface area contributed by atoms with Gasteiger partial charge in [-0.15, -0.1) is 0 Å². The molecule has 0 bridgehead atoms. The minimum absolute atomic E-state index is 0.333. The lowest BCUT2D eigenvalue weighted by Crippen LogP contribution is -2.06. The van der Waals surface area contributed by atoms with E-state index in [1.54, 1.807) is 12.1 Å². The maximum atomic E-state index is 13.0. The van der Waals surface area contributed by atoms with Crippen molar-refractivity contribution < 1.29 is 26.3 Å². The van der Waals surface area contributed by atoms with E-state index in [1.165, 1.54) is 50.2 Å². The van der Waals surface area contributed by atoms with E-state index in [9.17, 15) is 26.3 Å². The number of nitrogens with zero attached hydrogens (tertiary/aromatic N) is 2. The van der Waals surface area contributed by atoms with E-state index in [0.29, 0.717) is 21.8 Å². The molecule has 0 unspecified atom stereocenters. The van der Waals surface area contributed by atoms with Gasteiger partial charge >= 0.3 is 12.4 Å². The quantitative estimate of drug-likeness (QED) is 0.107. The molecule has 0 radical (unpaired) electrons. The van der Waals surface area contributed by atoms with Crippen LogP contribution in [0.2, 0.25) is 0 Å². The normalized spacial score (nSPS) is 12.2. The summed E-state index contributed by atoms with van der Waals surface area (Å²) in [5.41, 5.74) is 0.888. The van der Waals surface area contributed by atoms with Crippen molar-refractivity contribution in [2.24, 2.45) is 0 Å². The Bertz CT molecular complexity index is 1330. The monoisotopic (exact) mass is 590 g/mol. The molecule has 0 aliphatic heterocycles. The van der Waals surface area contributed by atoms with E-state index >= 15 is 0 Å². The first-order valence-corrected chi connectivity index (χ1v) is 14.5. The minimum atomic E-state index is -4.38. The molecule has 42 heavy (non-hydrogen) atoms. The lowest BCUT2D eigenvalue weighted by atomic mass is 10.1. The fraction of sp³-hybridized carbons (Fsp3) is 0.438. The van der Waals surface area contributed by atoms with Gasteiger partial charge in [-0.3, -0.25) is 9.97 Å². The van der Waals surface area contributed by atoms with Gasteiger partial charge in [-0.05, 0) is 49.2 Å². The van der Waals surface area contributed by atoms with Crippen molar-refractivity contribution in [2.75, 3.05) is 23.7 Å². The molecule has 0 spiro atoms. The number of halogens is 6. The molecule has 226 valence electrons. The first-order valence-electron chi connectivity index (χ1n) is 14.5. The van der Waals surface area contributed by atoms with Crippen LogP contribution in [-0.2, 0) is 12.4 Å². The van der Waals surface area contributed by atoms with Crippen molar-refractivity contribution in [2.45, 2.75) is 76.6 Å². The number of rotatable bonds is 15. The number of nitrogens with one attached hydrogen (secondary N) is 2. The molecule has 0 saturated carbocycles. The van der Waals surface area contributed by atoms with Gasteiger partial charge in [0.1, 0.15) is 0 Å². The standard InChI is InChI=1S/C32H36F6N4/c33-31(34,35)23-11-13-25-27(15-19-41-29(25)21-23)39-17-9-7-5-3-1-2-4-6-8-10-18-40-28-16-20-42-30-22-24(32(36,37)38)12-14-26(28)30/h11-16,19-22H,1-10,17-18H2,(H,39,41)(H,40,42). The zero-order valence-corrected chi connectivity index (χ0v) is 23.4. The number of aromatic nitrogens is 2. The van der Waals surface area contributed by atoms with Crippen LogP contribution in [-0.4, -0.2) is 23.1 Å². The Morgan fingerprint density at radius 3 is 1.19 bits per heavy atom. The van der Waals surface area contributed by atoms with Gasteiger partial charge < -0.3 is 10.6 Å². The summed E-state index contributed by atoms with van der Waals surface area (Å²) < 4.78 is 77.7. The Morgan fingerprint density at radius 1 is 0.476 bits per heavy atom. The molecule has 2 aromatic carbocycles. The van der Waals surface area contributed by atoms with Crippen LogP contribution in [0, 0.1) is 0 Å². The molecule has 4 aromatic rings. The molecule has 0 fully saturated rings. The molecule has 2 N–H and O–H groups in total. The van der Waals surface area contributed by atoms with Gasteiger partial charge in [0, 0.05) is 47.6 Å². The molecule has 0 amide bonds. The topological polar surface area (TPSA) is 49.8 Å². The molecule has 0 aliphatic rings. The molecule has 0 aliphatic carbocycles. The highest BCUT2D eigenvalue weighted by atomic mass is 19.4. The molecule has 4 rings (SSSR count).